The molecule has 0 saturated carbocycles. The van der Waals surface area contributed by atoms with Gasteiger partial charge in [0.05, 0.1) is 19.8 Å². The van der Waals surface area contributed by atoms with Gasteiger partial charge in [0.25, 0.3) is 10.0 Å². The third kappa shape index (κ3) is 4.72. The Hall–Kier alpha value is -1.06. The quantitative estimate of drug-likeness (QED) is 0.702. The standard InChI is InChI=1S/C13H22N2O5S/c1-11(10-20-3)15(6-7-19-2)21(17,18)13-5-4-12(9-16)8-14-13/h4-5,8,11,16H,6-7,9-10H2,1-3H3. The van der Waals surface area contributed by atoms with Crippen molar-refractivity contribution in [3.8, 4) is 0 Å². The number of nitrogens with zero attached hydrogens (tertiary/aromatic N) is 2. The Morgan fingerprint density at radius 1 is 1.33 bits per heavy atom. The van der Waals surface area contributed by atoms with Gasteiger partial charge in [0.1, 0.15) is 0 Å². The number of aliphatic hydroxyl groups excluding tert-OH is 1. The first kappa shape index (κ1) is 18.0. The van der Waals surface area contributed by atoms with E-state index in [1.54, 1.807) is 6.92 Å². The minimum absolute atomic E-state index is 0.0567. The van der Waals surface area contributed by atoms with Crippen molar-refractivity contribution in [1.82, 2.24) is 9.29 Å². The van der Waals surface area contributed by atoms with Crippen LogP contribution in [0.3, 0.4) is 0 Å². The molecule has 1 unspecified atom stereocenters. The molecule has 0 radical (unpaired) electrons. The van der Waals surface area contributed by atoms with E-state index in [4.69, 9.17) is 14.6 Å². The lowest BCUT2D eigenvalue weighted by Crippen LogP contribution is -2.43. The van der Waals surface area contributed by atoms with Gasteiger partial charge >= 0.3 is 0 Å². The van der Waals surface area contributed by atoms with Crippen molar-refractivity contribution in [2.75, 3.05) is 34.0 Å². The summed E-state index contributed by atoms with van der Waals surface area (Å²) in [6.45, 7) is 2.35. The van der Waals surface area contributed by atoms with Crippen LogP contribution in [-0.4, -0.2) is 62.8 Å². The first-order valence-electron chi connectivity index (χ1n) is 6.52. The molecule has 0 bridgehead atoms. The van der Waals surface area contributed by atoms with E-state index in [0.717, 1.165) is 0 Å². The number of aliphatic hydroxyl groups is 1. The van der Waals surface area contributed by atoms with Crippen LogP contribution in [0.5, 0.6) is 0 Å². The predicted molar refractivity (Wildman–Crippen MR) is 77.3 cm³/mol. The van der Waals surface area contributed by atoms with Crippen LogP contribution in [0.2, 0.25) is 0 Å². The summed E-state index contributed by atoms with van der Waals surface area (Å²) < 4.78 is 36.6. The molecule has 0 aliphatic rings. The van der Waals surface area contributed by atoms with Gasteiger partial charge in [0.15, 0.2) is 5.03 Å². The SMILES string of the molecule is COCCN(C(C)COC)S(=O)(=O)c1ccc(CO)cn1. The van der Waals surface area contributed by atoms with Crippen LogP contribution in [0.4, 0.5) is 0 Å². The summed E-state index contributed by atoms with van der Waals surface area (Å²) in [4.78, 5) is 3.92. The van der Waals surface area contributed by atoms with Crippen LogP contribution in [0.15, 0.2) is 23.4 Å². The Labute approximate surface area is 125 Å². The van der Waals surface area contributed by atoms with Gasteiger partial charge < -0.3 is 14.6 Å². The summed E-state index contributed by atoms with van der Waals surface area (Å²) >= 11 is 0. The van der Waals surface area contributed by atoms with Gasteiger partial charge in [-0.05, 0) is 18.6 Å². The van der Waals surface area contributed by atoms with Gasteiger partial charge in [0.2, 0.25) is 0 Å². The average molecular weight is 318 g/mol. The van der Waals surface area contributed by atoms with E-state index < -0.39 is 10.0 Å². The highest BCUT2D eigenvalue weighted by atomic mass is 32.2. The number of aromatic nitrogens is 1. The van der Waals surface area contributed by atoms with Crippen molar-refractivity contribution >= 4 is 10.0 Å². The predicted octanol–water partition coefficient (Wildman–Crippen LogP) is 0.246. The largest absolute Gasteiger partial charge is 0.392 e. The molecule has 1 N–H and O–H groups in total. The van der Waals surface area contributed by atoms with Gasteiger partial charge in [-0.25, -0.2) is 13.4 Å². The molecule has 0 aliphatic carbocycles. The summed E-state index contributed by atoms with van der Waals surface area (Å²) in [5, 5.41) is 8.93. The Kier molecular flexibility index (Phi) is 7.20. The lowest BCUT2D eigenvalue weighted by Gasteiger charge is -2.27. The highest BCUT2D eigenvalue weighted by Crippen LogP contribution is 2.17. The number of rotatable bonds is 9. The minimum Gasteiger partial charge on any atom is -0.392 e. The summed E-state index contributed by atoms with van der Waals surface area (Å²) in [6, 6.07) is 2.59. The van der Waals surface area contributed by atoms with Gasteiger partial charge in [-0.1, -0.05) is 6.07 Å². The summed E-state index contributed by atoms with van der Waals surface area (Å²) in [6.07, 6.45) is 1.35. The molecule has 8 heteroatoms. The van der Waals surface area contributed by atoms with Crippen molar-refractivity contribution in [2.24, 2.45) is 0 Å². The number of methoxy groups -OCH3 is 2. The molecule has 1 heterocycles. The molecule has 0 amide bonds. The van der Waals surface area contributed by atoms with E-state index in [1.807, 2.05) is 0 Å². The second-order valence-electron chi connectivity index (χ2n) is 4.58. The van der Waals surface area contributed by atoms with E-state index in [2.05, 4.69) is 4.98 Å². The van der Waals surface area contributed by atoms with Crippen molar-refractivity contribution in [2.45, 2.75) is 24.6 Å². The fraction of sp³-hybridized carbons (Fsp3) is 0.615. The molecule has 21 heavy (non-hydrogen) atoms. The maximum Gasteiger partial charge on any atom is 0.260 e. The zero-order valence-corrected chi connectivity index (χ0v) is 13.3. The number of sulfonamides is 1. The van der Waals surface area contributed by atoms with Crippen molar-refractivity contribution in [3.63, 3.8) is 0 Å². The van der Waals surface area contributed by atoms with Gasteiger partial charge in [0, 0.05) is 33.0 Å². The zero-order valence-electron chi connectivity index (χ0n) is 12.5. The summed E-state index contributed by atoms with van der Waals surface area (Å²) in [7, 11) is -0.705. The molecule has 0 spiro atoms. The first-order chi connectivity index (χ1) is 9.97. The molecule has 0 aromatic carbocycles. The van der Waals surface area contributed by atoms with Crippen molar-refractivity contribution in [3.05, 3.63) is 23.9 Å². The van der Waals surface area contributed by atoms with E-state index in [-0.39, 0.29) is 37.4 Å². The Morgan fingerprint density at radius 2 is 2.05 bits per heavy atom. The number of hydrogen-bond donors (Lipinski definition) is 1. The van der Waals surface area contributed by atoms with Crippen molar-refractivity contribution < 1.29 is 23.0 Å². The Morgan fingerprint density at radius 3 is 2.52 bits per heavy atom. The number of pyridine rings is 1. The van der Waals surface area contributed by atoms with Gasteiger partial charge in [-0.2, -0.15) is 4.31 Å². The third-order valence-electron chi connectivity index (χ3n) is 2.97. The average Bonchev–Trinajstić information content (AvgIpc) is 2.47. The second kappa shape index (κ2) is 8.40. The maximum atomic E-state index is 12.6. The third-order valence-corrected chi connectivity index (χ3v) is 4.90. The van der Waals surface area contributed by atoms with E-state index in [9.17, 15) is 8.42 Å². The Balaban J connectivity index is 3.06. The molecule has 1 atom stereocenters. The molecular formula is C13H22N2O5S. The maximum absolute atomic E-state index is 12.6. The second-order valence-corrected chi connectivity index (χ2v) is 6.41. The highest BCUT2D eigenvalue weighted by Gasteiger charge is 2.29. The van der Waals surface area contributed by atoms with Crippen LogP contribution in [0.25, 0.3) is 0 Å². The van der Waals surface area contributed by atoms with Crippen LogP contribution in [0.1, 0.15) is 12.5 Å². The molecule has 120 valence electrons. The first-order valence-corrected chi connectivity index (χ1v) is 7.96. The summed E-state index contributed by atoms with van der Waals surface area (Å²) in [5.41, 5.74) is 0.558. The smallest absolute Gasteiger partial charge is 0.260 e. The number of hydrogen-bond acceptors (Lipinski definition) is 6. The molecule has 0 aliphatic heterocycles. The van der Waals surface area contributed by atoms with Gasteiger partial charge in [-0.3, -0.25) is 0 Å². The van der Waals surface area contributed by atoms with E-state index in [1.165, 1.54) is 36.9 Å². The van der Waals surface area contributed by atoms with Crippen LogP contribution >= 0.6 is 0 Å². The molecule has 0 fully saturated rings. The minimum atomic E-state index is -3.74. The van der Waals surface area contributed by atoms with E-state index in [0.29, 0.717) is 5.56 Å². The monoisotopic (exact) mass is 318 g/mol. The van der Waals surface area contributed by atoms with Gasteiger partial charge in [-0.15, -0.1) is 0 Å². The lowest BCUT2D eigenvalue weighted by atomic mass is 10.3. The molecule has 1 aromatic heterocycles. The Bertz CT molecular complexity index is 518. The molecular weight excluding hydrogens is 296 g/mol. The molecule has 7 nitrogen and oxygen atoms in total. The molecule has 1 rings (SSSR count). The van der Waals surface area contributed by atoms with Crippen LogP contribution < -0.4 is 0 Å². The highest BCUT2D eigenvalue weighted by molar-refractivity contribution is 7.89. The van der Waals surface area contributed by atoms with Crippen LogP contribution in [-0.2, 0) is 26.1 Å². The summed E-state index contributed by atoms with van der Waals surface area (Å²) in [5.74, 6) is 0. The molecule has 1 aromatic rings. The normalized spacial score (nSPS) is 13.6. The molecule has 0 saturated heterocycles. The number of ether oxygens (including phenoxy) is 2. The fourth-order valence-electron chi connectivity index (χ4n) is 1.86. The lowest BCUT2D eigenvalue weighted by molar-refractivity contribution is 0.119. The zero-order chi connectivity index (χ0) is 15.9. The fourth-order valence-corrected chi connectivity index (χ4v) is 3.38. The van der Waals surface area contributed by atoms with E-state index >= 15 is 0 Å². The van der Waals surface area contributed by atoms with Crippen molar-refractivity contribution in [1.29, 1.82) is 0 Å². The van der Waals surface area contributed by atoms with Crippen LogP contribution in [0, 0.1) is 0 Å². The topological polar surface area (TPSA) is 89.0 Å².